The summed E-state index contributed by atoms with van der Waals surface area (Å²) < 4.78 is 68.5. The second-order valence-corrected chi connectivity index (χ2v) is 7.60. The maximum absolute atomic E-state index is 12.7. The summed E-state index contributed by atoms with van der Waals surface area (Å²) >= 11 is 0. The lowest BCUT2D eigenvalue weighted by molar-refractivity contribution is -0.137. The summed E-state index contributed by atoms with van der Waals surface area (Å²) in [4.78, 5) is -0.380. The maximum Gasteiger partial charge on any atom is 0.416 e. The molecule has 1 aliphatic rings. The molecule has 2 atom stereocenters. The van der Waals surface area contributed by atoms with Crippen LogP contribution in [-0.2, 0) is 20.8 Å². The zero-order valence-corrected chi connectivity index (χ0v) is 12.5. The third kappa shape index (κ3) is 3.25. The van der Waals surface area contributed by atoms with Gasteiger partial charge in [-0.25, -0.2) is 8.42 Å². The molecule has 0 saturated carbocycles. The number of rotatable bonds is 2. The van der Waals surface area contributed by atoms with Gasteiger partial charge in [-0.3, -0.25) is 0 Å². The Morgan fingerprint density at radius 2 is 2.09 bits per heavy atom. The van der Waals surface area contributed by atoms with Crippen LogP contribution in [0.1, 0.15) is 25.3 Å². The fourth-order valence-electron chi connectivity index (χ4n) is 2.40. The smallest absolute Gasteiger partial charge is 0.360 e. The summed E-state index contributed by atoms with van der Waals surface area (Å²) in [5.74, 6) is 0. The van der Waals surface area contributed by atoms with Crippen molar-refractivity contribution in [3.05, 3.63) is 29.8 Å². The van der Waals surface area contributed by atoms with Crippen LogP contribution in [0, 0.1) is 11.3 Å². The molecule has 1 heterocycles. The number of sulfone groups is 1. The predicted molar refractivity (Wildman–Crippen MR) is 71.6 cm³/mol. The number of nitriles is 1. The maximum atomic E-state index is 12.7. The molecule has 2 unspecified atom stereocenters. The average molecular weight is 333 g/mol. The fraction of sp³-hybridized carbons (Fsp3) is 0.500. The van der Waals surface area contributed by atoms with Crippen LogP contribution in [0.15, 0.2) is 29.2 Å². The van der Waals surface area contributed by atoms with Gasteiger partial charge in [0.1, 0.15) is 0 Å². The summed E-state index contributed by atoms with van der Waals surface area (Å²) in [6, 6.07) is 5.57. The second kappa shape index (κ2) is 5.56. The van der Waals surface area contributed by atoms with E-state index in [0.29, 0.717) is 6.07 Å². The first-order valence-corrected chi connectivity index (χ1v) is 8.09. The van der Waals surface area contributed by atoms with Gasteiger partial charge in [0.05, 0.1) is 21.8 Å². The number of hydrogen-bond acceptors (Lipinski definition) is 4. The Kier molecular flexibility index (Phi) is 4.24. The van der Waals surface area contributed by atoms with E-state index in [-0.39, 0.29) is 24.3 Å². The summed E-state index contributed by atoms with van der Waals surface area (Å²) in [5, 5.41) is 8.10. The molecule has 0 N–H and O–H groups in total. The molecule has 8 heteroatoms. The van der Waals surface area contributed by atoms with E-state index in [1.807, 2.05) is 6.07 Å². The van der Waals surface area contributed by atoms with Gasteiger partial charge in [-0.15, -0.1) is 0 Å². The minimum Gasteiger partial charge on any atom is -0.360 e. The molecule has 0 aliphatic carbocycles. The van der Waals surface area contributed by atoms with Crippen molar-refractivity contribution in [2.75, 3.05) is 6.61 Å². The van der Waals surface area contributed by atoms with E-state index < -0.39 is 32.4 Å². The van der Waals surface area contributed by atoms with E-state index in [1.54, 1.807) is 0 Å². The van der Waals surface area contributed by atoms with Crippen LogP contribution in [0.25, 0.3) is 0 Å². The highest BCUT2D eigenvalue weighted by atomic mass is 32.2. The summed E-state index contributed by atoms with van der Waals surface area (Å²) in [6.07, 6.45) is -4.53. The molecule has 1 aromatic rings. The Balaban J connectivity index is 2.37. The average Bonchev–Trinajstić information content (AvgIpc) is 2.46. The molecular weight excluding hydrogens is 319 g/mol. The summed E-state index contributed by atoms with van der Waals surface area (Å²) in [6.45, 7) is 1.55. The number of hydrogen-bond donors (Lipinski definition) is 0. The molecule has 0 aromatic heterocycles. The molecule has 0 radical (unpaired) electrons. The Bertz CT molecular complexity index is 709. The summed E-state index contributed by atoms with van der Waals surface area (Å²) in [7, 11) is -3.96. The van der Waals surface area contributed by atoms with Gasteiger partial charge in [0.15, 0.2) is 15.4 Å². The Morgan fingerprint density at radius 1 is 1.41 bits per heavy atom. The van der Waals surface area contributed by atoms with Gasteiger partial charge in [0, 0.05) is 13.0 Å². The van der Waals surface area contributed by atoms with Crippen LogP contribution < -0.4 is 0 Å². The third-order valence-corrected chi connectivity index (χ3v) is 5.83. The van der Waals surface area contributed by atoms with E-state index in [9.17, 15) is 21.6 Å². The van der Waals surface area contributed by atoms with Crippen molar-refractivity contribution in [1.82, 2.24) is 0 Å². The van der Waals surface area contributed by atoms with Crippen LogP contribution in [0.4, 0.5) is 13.2 Å². The number of benzene rings is 1. The van der Waals surface area contributed by atoms with E-state index in [2.05, 4.69) is 0 Å². The largest absolute Gasteiger partial charge is 0.416 e. The molecule has 0 bridgehead atoms. The van der Waals surface area contributed by atoms with Crippen molar-refractivity contribution in [3.63, 3.8) is 0 Å². The van der Waals surface area contributed by atoms with Gasteiger partial charge in [-0.2, -0.15) is 18.4 Å². The molecule has 2 rings (SSSR count). The van der Waals surface area contributed by atoms with Crippen LogP contribution >= 0.6 is 0 Å². The molecule has 1 aliphatic heterocycles. The number of halogens is 3. The Hall–Kier alpha value is -1.59. The lowest BCUT2D eigenvalue weighted by Crippen LogP contribution is -2.41. The van der Waals surface area contributed by atoms with Gasteiger partial charge in [-0.05, 0) is 31.5 Å². The van der Waals surface area contributed by atoms with E-state index in [1.165, 1.54) is 6.92 Å². The highest BCUT2D eigenvalue weighted by Crippen LogP contribution is 2.34. The molecule has 1 saturated heterocycles. The molecule has 0 amide bonds. The van der Waals surface area contributed by atoms with E-state index in [0.717, 1.165) is 18.2 Å². The van der Waals surface area contributed by atoms with Gasteiger partial charge in [-0.1, -0.05) is 6.07 Å². The Morgan fingerprint density at radius 3 is 2.68 bits per heavy atom. The summed E-state index contributed by atoms with van der Waals surface area (Å²) in [5.41, 5.74) is -2.25. The van der Waals surface area contributed by atoms with E-state index in [4.69, 9.17) is 10.00 Å². The molecular formula is C14H14F3NO3S. The second-order valence-electron chi connectivity index (χ2n) is 5.38. The lowest BCUT2D eigenvalue weighted by atomic mass is 9.97. The minimum absolute atomic E-state index is 0.0674. The lowest BCUT2D eigenvalue weighted by Gasteiger charge is -2.32. The van der Waals surface area contributed by atoms with Crippen LogP contribution in [0.5, 0.6) is 0 Å². The highest BCUT2D eigenvalue weighted by Gasteiger charge is 2.41. The zero-order chi connectivity index (χ0) is 16.6. The van der Waals surface area contributed by atoms with Crippen molar-refractivity contribution in [2.24, 2.45) is 0 Å². The topological polar surface area (TPSA) is 67.2 Å². The minimum atomic E-state index is -4.61. The quantitative estimate of drug-likeness (QED) is 0.834. The van der Waals surface area contributed by atoms with Gasteiger partial charge < -0.3 is 4.74 Å². The van der Waals surface area contributed by atoms with Crippen molar-refractivity contribution in [1.29, 1.82) is 5.26 Å². The molecule has 1 aromatic carbocycles. The first kappa shape index (κ1) is 16.8. The molecule has 1 fully saturated rings. The zero-order valence-electron chi connectivity index (χ0n) is 11.7. The number of alkyl halides is 3. The Labute approximate surface area is 126 Å². The predicted octanol–water partition coefficient (Wildman–Crippen LogP) is 2.94. The third-order valence-electron chi connectivity index (χ3n) is 3.64. The van der Waals surface area contributed by atoms with Crippen LogP contribution in [0.2, 0.25) is 0 Å². The van der Waals surface area contributed by atoms with Crippen molar-refractivity contribution in [3.8, 4) is 6.07 Å². The van der Waals surface area contributed by atoms with Crippen LogP contribution in [0.3, 0.4) is 0 Å². The molecule has 22 heavy (non-hydrogen) atoms. The molecule has 4 nitrogen and oxygen atoms in total. The number of ether oxygens (including phenoxy) is 1. The van der Waals surface area contributed by atoms with Gasteiger partial charge >= 0.3 is 6.18 Å². The number of nitrogens with zero attached hydrogens (tertiary/aromatic N) is 1. The highest BCUT2D eigenvalue weighted by molar-refractivity contribution is 7.92. The SMILES string of the molecule is CC1(C#N)CC(S(=O)(=O)c2cccc(C(F)(F)F)c2)CCO1. The molecule has 120 valence electrons. The van der Waals surface area contributed by atoms with Gasteiger partial charge in [0.2, 0.25) is 0 Å². The van der Waals surface area contributed by atoms with Crippen molar-refractivity contribution in [2.45, 2.75) is 41.7 Å². The van der Waals surface area contributed by atoms with E-state index >= 15 is 0 Å². The first-order valence-electron chi connectivity index (χ1n) is 6.55. The monoisotopic (exact) mass is 333 g/mol. The first-order chi connectivity index (χ1) is 10.1. The standard InChI is InChI=1S/C14H14F3NO3S/c1-13(9-18)8-12(5-6-21-13)22(19,20)11-4-2-3-10(7-11)14(15,16)17/h2-4,7,12H,5-6,8H2,1H3. The van der Waals surface area contributed by atoms with Gasteiger partial charge in [0.25, 0.3) is 0 Å². The fourth-order valence-corrected chi connectivity index (χ4v) is 4.28. The normalized spacial score (nSPS) is 26.4. The van der Waals surface area contributed by atoms with Crippen molar-refractivity contribution >= 4 is 9.84 Å². The van der Waals surface area contributed by atoms with Crippen LogP contribution in [-0.4, -0.2) is 25.9 Å². The van der Waals surface area contributed by atoms with Crippen molar-refractivity contribution < 1.29 is 26.3 Å². The molecule has 0 spiro atoms.